The van der Waals surface area contributed by atoms with Gasteiger partial charge in [0.1, 0.15) is 5.82 Å². The highest BCUT2D eigenvalue weighted by Crippen LogP contribution is 2.22. The van der Waals surface area contributed by atoms with Gasteiger partial charge >= 0.3 is 0 Å². The monoisotopic (exact) mass is 251 g/mol. The maximum absolute atomic E-state index is 12.7. The van der Waals surface area contributed by atoms with Crippen molar-refractivity contribution in [3.8, 4) is 0 Å². The number of nitrogens with one attached hydrogen (secondary N) is 1. The van der Waals surface area contributed by atoms with Crippen LogP contribution in [0.3, 0.4) is 0 Å². The second-order valence-electron chi connectivity index (χ2n) is 3.61. The number of pyridine rings is 2. The minimum atomic E-state index is -0.347. The van der Waals surface area contributed by atoms with Crippen LogP contribution in [0.1, 0.15) is 18.7 Å². The number of aromatic nitrogens is 2. The molecule has 17 heavy (non-hydrogen) atoms. The highest BCUT2D eigenvalue weighted by Gasteiger charge is 2.09. The Bertz CT molecular complexity index is 501. The van der Waals surface area contributed by atoms with E-state index in [1.54, 1.807) is 18.3 Å². The van der Waals surface area contributed by atoms with Crippen LogP contribution in [-0.2, 0) is 0 Å². The molecule has 2 heterocycles. The highest BCUT2D eigenvalue weighted by molar-refractivity contribution is 6.31. The van der Waals surface area contributed by atoms with E-state index < -0.39 is 0 Å². The Kier molecular flexibility index (Phi) is 3.54. The van der Waals surface area contributed by atoms with E-state index in [0.717, 1.165) is 11.4 Å². The quantitative estimate of drug-likeness (QED) is 0.849. The summed E-state index contributed by atoms with van der Waals surface area (Å²) < 4.78 is 12.7. The van der Waals surface area contributed by atoms with Crippen LogP contribution in [0.2, 0.25) is 5.15 Å². The Labute approximate surface area is 104 Å². The second kappa shape index (κ2) is 5.10. The SMILES string of the molecule is CC(Nc1cccnc1Cl)c1ccc(F)cn1. The topological polar surface area (TPSA) is 37.8 Å². The number of anilines is 1. The lowest BCUT2D eigenvalue weighted by atomic mass is 10.2. The molecule has 2 rings (SSSR count). The van der Waals surface area contributed by atoms with Gasteiger partial charge < -0.3 is 5.32 Å². The maximum atomic E-state index is 12.7. The van der Waals surface area contributed by atoms with E-state index in [4.69, 9.17) is 11.6 Å². The number of hydrogen-bond donors (Lipinski definition) is 1. The van der Waals surface area contributed by atoms with Crippen molar-refractivity contribution >= 4 is 17.3 Å². The molecule has 0 aliphatic rings. The lowest BCUT2D eigenvalue weighted by Crippen LogP contribution is -2.09. The molecule has 88 valence electrons. The van der Waals surface area contributed by atoms with Crippen molar-refractivity contribution in [3.05, 3.63) is 53.3 Å². The van der Waals surface area contributed by atoms with Crippen molar-refractivity contribution in [2.75, 3.05) is 5.32 Å². The summed E-state index contributed by atoms with van der Waals surface area (Å²) in [5, 5.41) is 3.57. The van der Waals surface area contributed by atoms with Gasteiger partial charge in [-0.05, 0) is 31.2 Å². The van der Waals surface area contributed by atoms with Gasteiger partial charge in [-0.15, -0.1) is 0 Å². The summed E-state index contributed by atoms with van der Waals surface area (Å²) in [4.78, 5) is 7.97. The molecule has 0 amide bonds. The summed E-state index contributed by atoms with van der Waals surface area (Å²) in [6, 6.07) is 6.56. The average Bonchev–Trinajstić information content (AvgIpc) is 2.33. The predicted octanol–water partition coefficient (Wildman–Crippen LogP) is 3.44. The summed E-state index contributed by atoms with van der Waals surface area (Å²) in [7, 11) is 0. The summed E-state index contributed by atoms with van der Waals surface area (Å²) >= 11 is 5.93. The van der Waals surface area contributed by atoms with Crippen LogP contribution in [-0.4, -0.2) is 9.97 Å². The molecular formula is C12H11ClFN3. The van der Waals surface area contributed by atoms with Gasteiger partial charge in [0.15, 0.2) is 5.15 Å². The number of hydrogen-bond acceptors (Lipinski definition) is 3. The predicted molar refractivity (Wildman–Crippen MR) is 65.5 cm³/mol. The second-order valence-corrected chi connectivity index (χ2v) is 3.97. The van der Waals surface area contributed by atoms with Crippen LogP contribution in [0.25, 0.3) is 0 Å². The van der Waals surface area contributed by atoms with Gasteiger partial charge in [-0.25, -0.2) is 9.37 Å². The van der Waals surface area contributed by atoms with Crippen molar-refractivity contribution in [1.82, 2.24) is 9.97 Å². The first-order valence-corrected chi connectivity index (χ1v) is 5.53. The highest BCUT2D eigenvalue weighted by atomic mass is 35.5. The van der Waals surface area contributed by atoms with Crippen molar-refractivity contribution in [3.63, 3.8) is 0 Å². The van der Waals surface area contributed by atoms with Gasteiger partial charge in [-0.3, -0.25) is 4.98 Å². The first kappa shape index (κ1) is 11.8. The molecule has 1 N–H and O–H groups in total. The minimum absolute atomic E-state index is 0.0719. The largest absolute Gasteiger partial charge is 0.374 e. The Morgan fingerprint density at radius 2 is 2.12 bits per heavy atom. The third kappa shape index (κ3) is 2.91. The zero-order valence-corrected chi connectivity index (χ0v) is 9.95. The van der Waals surface area contributed by atoms with Crippen molar-refractivity contribution in [1.29, 1.82) is 0 Å². The van der Waals surface area contributed by atoms with Gasteiger partial charge in [0.25, 0.3) is 0 Å². The number of halogens is 2. The van der Waals surface area contributed by atoms with E-state index in [9.17, 15) is 4.39 Å². The van der Waals surface area contributed by atoms with Crippen LogP contribution in [0.4, 0.5) is 10.1 Å². The first-order chi connectivity index (χ1) is 8.16. The van der Waals surface area contributed by atoms with Crippen LogP contribution in [0, 0.1) is 5.82 Å². The van der Waals surface area contributed by atoms with Crippen LogP contribution < -0.4 is 5.32 Å². The molecule has 0 bridgehead atoms. The molecule has 2 aromatic heterocycles. The fraction of sp³-hybridized carbons (Fsp3) is 0.167. The standard InChI is InChI=1S/C12H11ClFN3/c1-8(10-5-4-9(14)7-16-10)17-11-3-2-6-15-12(11)13/h2-8,17H,1H3. The molecule has 0 aliphatic heterocycles. The van der Waals surface area contributed by atoms with E-state index in [0.29, 0.717) is 5.15 Å². The molecule has 1 unspecified atom stereocenters. The Morgan fingerprint density at radius 3 is 2.76 bits per heavy atom. The van der Waals surface area contributed by atoms with E-state index in [2.05, 4.69) is 15.3 Å². The Morgan fingerprint density at radius 1 is 1.29 bits per heavy atom. The van der Waals surface area contributed by atoms with E-state index >= 15 is 0 Å². The molecule has 0 radical (unpaired) electrons. The number of nitrogens with zero attached hydrogens (tertiary/aromatic N) is 2. The zero-order valence-electron chi connectivity index (χ0n) is 9.19. The molecular weight excluding hydrogens is 241 g/mol. The molecule has 0 fully saturated rings. The van der Waals surface area contributed by atoms with Gasteiger partial charge in [0.2, 0.25) is 0 Å². The summed E-state index contributed by atoms with van der Waals surface area (Å²) in [6.45, 7) is 1.92. The lowest BCUT2D eigenvalue weighted by molar-refractivity contribution is 0.617. The van der Waals surface area contributed by atoms with E-state index in [1.807, 2.05) is 13.0 Å². The molecule has 1 atom stereocenters. The van der Waals surface area contributed by atoms with Gasteiger partial charge in [0.05, 0.1) is 23.6 Å². The average molecular weight is 252 g/mol. The third-order valence-electron chi connectivity index (χ3n) is 2.33. The minimum Gasteiger partial charge on any atom is -0.374 e. The zero-order chi connectivity index (χ0) is 12.3. The van der Waals surface area contributed by atoms with Crippen LogP contribution in [0.5, 0.6) is 0 Å². The van der Waals surface area contributed by atoms with Crippen molar-refractivity contribution in [2.24, 2.45) is 0 Å². The molecule has 3 nitrogen and oxygen atoms in total. The van der Waals surface area contributed by atoms with Crippen molar-refractivity contribution < 1.29 is 4.39 Å². The first-order valence-electron chi connectivity index (χ1n) is 5.15. The van der Waals surface area contributed by atoms with Crippen LogP contribution >= 0.6 is 11.6 Å². The summed E-state index contributed by atoms with van der Waals surface area (Å²) in [6.07, 6.45) is 2.81. The molecule has 0 spiro atoms. The molecule has 0 aromatic carbocycles. The van der Waals surface area contributed by atoms with Crippen LogP contribution in [0.15, 0.2) is 36.7 Å². The normalized spacial score (nSPS) is 12.2. The van der Waals surface area contributed by atoms with Gasteiger partial charge in [-0.1, -0.05) is 11.6 Å². The summed E-state index contributed by atoms with van der Waals surface area (Å²) in [5.74, 6) is -0.347. The smallest absolute Gasteiger partial charge is 0.152 e. The molecule has 2 aromatic rings. The molecule has 0 saturated carbocycles. The van der Waals surface area contributed by atoms with Crippen molar-refractivity contribution in [2.45, 2.75) is 13.0 Å². The number of rotatable bonds is 3. The van der Waals surface area contributed by atoms with E-state index in [1.165, 1.54) is 12.3 Å². The Balaban J connectivity index is 2.14. The Hall–Kier alpha value is -1.68. The van der Waals surface area contributed by atoms with E-state index in [-0.39, 0.29) is 11.9 Å². The molecule has 5 heteroatoms. The lowest BCUT2D eigenvalue weighted by Gasteiger charge is -2.15. The third-order valence-corrected chi connectivity index (χ3v) is 2.63. The molecule has 0 aliphatic carbocycles. The fourth-order valence-corrected chi connectivity index (χ4v) is 1.62. The maximum Gasteiger partial charge on any atom is 0.152 e. The molecule has 0 saturated heterocycles. The van der Waals surface area contributed by atoms with Gasteiger partial charge in [0, 0.05) is 6.20 Å². The fourth-order valence-electron chi connectivity index (χ4n) is 1.44. The van der Waals surface area contributed by atoms with Gasteiger partial charge in [-0.2, -0.15) is 0 Å². The summed E-state index contributed by atoms with van der Waals surface area (Å²) in [5.41, 5.74) is 1.47.